The van der Waals surface area contributed by atoms with Gasteiger partial charge in [0.05, 0.1) is 6.61 Å². The molecule has 1 amide bonds. The number of aryl methyl sites for hydroxylation is 2. The van der Waals surface area contributed by atoms with Gasteiger partial charge in [-0.25, -0.2) is 4.99 Å². The lowest BCUT2D eigenvalue weighted by Gasteiger charge is -2.38. The summed E-state index contributed by atoms with van der Waals surface area (Å²) in [6, 6.07) is 14.1. The quantitative estimate of drug-likeness (QED) is 0.854. The fraction of sp³-hybridized carbons (Fsp3) is 0.391. The maximum atomic E-state index is 13.6. The average Bonchev–Trinajstić information content (AvgIpc) is 3.02. The van der Waals surface area contributed by atoms with Crippen LogP contribution in [0.2, 0.25) is 0 Å². The first-order valence-corrected chi connectivity index (χ1v) is 10.2. The Balaban J connectivity index is 1.68. The number of ether oxygens (including phenoxy) is 2. The van der Waals surface area contributed by atoms with Crippen molar-refractivity contribution in [1.29, 1.82) is 0 Å². The summed E-state index contributed by atoms with van der Waals surface area (Å²) >= 11 is 0. The molecule has 0 fully saturated rings. The zero-order valence-corrected chi connectivity index (χ0v) is 16.8. The number of nitrogens with zero attached hydrogens (tertiary/aromatic N) is 2. The van der Waals surface area contributed by atoms with Crippen LogP contribution in [0.25, 0.3) is 0 Å². The standard InChI is InChI=1S/C23H25N3O3/c1-3-28-17-8-9-19-18(14-17)23(20(27)26(2)21(24)25-23)22(29-19)12-10-15-6-4-5-7-16(15)11-13-22/h4-9,14H,3,10-13H2,1-2H3,(H2,24,25). The van der Waals surface area contributed by atoms with E-state index in [1.54, 1.807) is 7.05 Å². The molecule has 150 valence electrons. The van der Waals surface area contributed by atoms with Crippen molar-refractivity contribution in [3.63, 3.8) is 0 Å². The molecule has 0 radical (unpaired) electrons. The van der Waals surface area contributed by atoms with E-state index in [1.807, 2.05) is 25.1 Å². The summed E-state index contributed by atoms with van der Waals surface area (Å²) in [5, 5.41) is 0. The Labute approximate surface area is 170 Å². The number of hydrogen-bond donors (Lipinski definition) is 1. The van der Waals surface area contributed by atoms with Gasteiger partial charge in [-0.15, -0.1) is 0 Å². The van der Waals surface area contributed by atoms with Crippen LogP contribution in [0.15, 0.2) is 47.5 Å². The number of hydrogen-bond acceptors (Lipinski definition) is 5. The molecule has 6 heteroatoms. The normalized spacial score (nSPS) is 24.1. The van der Waals surface area contributed by atoms with Crippen molar-refractivity contribution in [2.45, 2.75) is 43.7 Å². The molecule has 1 aliphatic carbocycles. The number of benzene rings is 2. The van der Waals surface area contributed by atoms with Gasteiger partial charge in [0.1, 0.15) is 17.1 Å². The maximum absolute atomic E-state index is 13.6. The van der Waals surface area contributed by atoms with Crippen molar-refractivity contribution in [1.82, 2.24) is 4.90 Å². The van der Waals surface area contributed by atoms with Crippen molar-refractivity contribution in [2.75, 3.05) is 13.7 Å². The molecule has 5 rings (SSSR count). The van der Waals surface area contributed by atoms with E-state index in [0.29, 0.717) is 30.9 Å². The molecule has 0 aromatic heterocycles. The fourth-order valence-electron chi connectivity index (χ4n) is 5.09. The Bertz CT molecular complexity index is 1000. The minimum atomic E-state index is -1.17. The molecule has 2 heterocycles. The van der Waals surface area contributed by atoms with Crippen molar-refractivity contribution < 1.29 is 14.3 Å². The first-order chi connectivity index (χ1) is 14.0. The van der Waals surface area contributed by atoms with Crippen LogP contribution in [0.3, 0.4) is 0 Å². The molecule has 3 aliphatic rings. The molecule has 2 spiro atoms. The van der Waals surface area contributed by atoms with E-state index in [9.17, 15) is 4.79 Å². The van der Waals surface area contributed by atoms with Crippen LogP contribution in [0.4, 0.5) is 0 Å². The highest BCUT2D eigenvalue weighted by molar-refractivity contribution is 6.08. The number of nitrogens with two attached hydrogens (primary N) is 1. The molecule has 6 nitrogen and oxygen atoms in total. The number of guanidine groups is 1. The molecular weight excluding hydrogens is 366 g/mol. The van der Waals surface area contributed by atoms with E-state index >= 15 is 0 Å². The molecular formula is C23H25N3O3. The van der Waals surface area contributed by atoms with E-state index in [0.717, 1.165) is 18.4 Å². The molecule has 2 N–H and O–H groups in total. The van der Waals surface area contributed by atoms with E-state index in [2.05, 4.69) is 24.3 Å². The highest BCUT2D eigenvalue weighted by Crippen LogP contribution is 2.58. The minimum absolute atomic E-state index is 0.131. The third kappa shape index (κ3) is 2.35. The molecule has 2 aliphatic heterocycles. The summed E-state index contributed by atoms with van der Waals surface area (Å²) in [5.41, 5.74) is 7.59. The third-order valence-corrected chi connectivity index (χ3v) is 6.57. The van der Waals surface area contributed by atoms with Crippen molar-refractivity contribution in [2.24, 2.45) is 10.7 Å². The first-order valence-electron chi connectivity index (χ1n) is 10.2. The van der Waals surface area contributed by atoms with Crippen LogP contribution in [0.5, 0.6) is 11.5 Å². The van der Waals surface area contributed by atoms with Gasteiger partial charge in [-0.2, -0.15) is 0 Å². The Morgan fingerprint density at radius 2 is 1.86 bits per heavy atom. The predicted molar refractivity (Wildman–Crippen MR) is 110 cm³/mol. The number of carbonyl (C=O) groups is 1. The summed E-state index contributed by atoms with van der Waals surface area (Å²) in [6.07, 6.45) is 3.05. The second-order valence-corrected chi connectivity index (χ2v) is 8.00. The van der Waals surface area contributed by atoms with Crippen LogP contribution < -0.4 is 15.2 Å². The lowest BCUT2D eigenvalue weighted by molar-refractivity contribution is -0.138. The summed E-state index contributed by atoms with van der Waals surface area (Å²) in [6.45, 7) is 2.49. The summed E-state index contributed by atoms with van der Waals surface area (Å²) in [4.78, 5) is 19.9. The van der Waals surface area contributed by atoms with Gasteiger partial charge >= 0.3 is 0 Å². The van der Waals surface area contributed by atoms with Crippen LogP contribution in [-0.4, -0.2) is 36.0 Å². The van der Waals surface area contributed by atoms with Gasteiger partial charge in [0.2, 0.25) is 5.54 Å². The number of likely N-dealkylation sites (N-methyl/N-ethyl adjacent to an activating group) is 1. The van der Waals surface area contributed by atoms with Crippen LogP contribution in [0.1, 0.15) is 36.5 Å². The molecule has 1 atom stereocenters. The molecule has 29 heavy (non-hydrogen) atoms. The fourth-order valence-corrected chi connectivity index (χ4v) is 5.09. The van der Waals surface area contributed by atoms with Crippen LogP contribution in [0, 0.1) is 0 Å². The Kier molecular flexibility index (Phi) is 3.88. The largest absolute Gasteiger partial charge is 0.494 e. The van der Waals surface area contributed by atoms with Gasteiger partial charge in [0.15, 0.2) is 5.96 Å². The topological polar surface area (TPSA) is 77.2 Å². The Hall–Kier alpha value is -3.02. The van der Waals surface area contributed by atoms with Gasteiger partial charge in [-0.3, -0.25) is 9.69 Å². The summed E-state index contributed by atoms with van der Waals surface area (Å²) in [5.74, 6) is 1.50. The number of carbonyl (C=O) groups excluding carboxylic acids is 1. The first kappa shape index (κ1) is 18.0. The van der Waals surface area contributed by atoms with E-state index < -0.39 is 11.1 Å². The highest BCUT2D eigenvalue weighted by Gasteiger charge is 2.68. The lowest BCUT2D eigenvalue weighted by atomic mass is 9.72. The van der Waals surface area contributed by atoms with E-state index in [-0.39, 0.29) is 11.9 Å². The third-order valence-electron chi connectivity index (χ3n) is 6.57. The Morgan fingerprint density at radius 3 is 2.45 bits per heavy atom. The van der Waals surface area contributed by atoms with Gasteiger partial charge in [0.25, 0.3) is 5.91 Å². The molecule has 2 aromatic rings. The highest BCUT2D eigenvalue weighted by atomic mass is 16.5. The van der Waals surface area contributed by atoms with Gasteiger partial charge < -0.3 is 15.2 Å². The molecule has 0 saturated carbocycles. The molecule has 1 unspecified atom stereocenters. The van der Waals surface area contributed by atoms with Gasteiger partial charge in [0, 0.05) is 12.6 Å². The maximum Gasteiger partial charge on any atom is 0.266 e. The average molecular weight is 391 g/mol. The van der Waals surface area contributed by atoms with Crippen LogP contribution >= 0.6 is 0 Å². The van der Waals surface area contributed by atoms with Crippen molar-refractivity contribution in [3.8, 4) is 11.5 Å². The van der Waals surface area contributed by atoms with Gasteiger partial charge in [-0.1, -0.05) is 24.3 Å². The molecule has 0 saturated heterocycles. The van der Waals surface area contributed by atoms with Crippen molar-refractivity contribution >= 4 is 11.9 Å². The number of rotatable bonds is 2. The molecule has 0 bridgehead atoms. The second-order valence-electron chi connectivity index (χ2n) is 8.00. The molecule has 2 aromatic carbocycles. The number of fused-ring (bicyclic) bond motifs is 4. The zero-order valence-electron chi connectivity index (χ0n) is 16.8. The Morgan fingerprint density at radius 1 is 1.17 bits per heavy atom. The van der Waals surface area contributed by atoms with Crippen LogP contribution in [-0.2, 0) is 23.2 Å². The smallest absolute Gasteiger partial charge is 0.266 e. The van der Waals surface area contributed by atoms with Crippen molar-refractivity contribution in [3.05, 3.63) is 59.2 Å². The van der Waals surface area contributed by atoms with Gasteiger partial charge in [-0.05, 0) is 61.9 Å². The number of amides is 1. The number of aliphatic imine (C=N–C) groups is 1. The SMILES string of the molecule is CCOc1ccc2c(c1)C1(N=C(N)N(C)C1=O)C1(CCc3ccccc3CC1)O2. The zero-order chi connectivity index (χ0) is 20.2. The van der Waals surface area contributed by atoms with E-state index in [1.165, 1.54) is 16.0 Å². The summed E-state index contributed by atoms with van der Waals surface area (Å²) in [7, 11) is 1.68. The monoisotopic (exact) mass is 391 g/mol. The lowest BCUT2D eigenvalue weighted by Crippen LogP contribution is -2.56. The summed E-state index contributed by atoms with van der Waals surface area (Å²) < 4.78 is 12.3. The van der Waals surface area contributed by atoms with E-state index in [4.69, 9.17) is 20.2 Å². The predicted octanol–water partition coefficient (Wildman–Crippen LogP) is 2.78. The minimum Gasteiger partial charge on any atom is -0.494 e. The second kappa shape index (κ2) is 6.24.